The number of piperidine rings is 1. The van der Waals surface area contributed by atoms with Crippen LogP contribution in [0.2, 0.25) is 0 Å². The van der Waals surface area contributed by atoms with Crippen LogP contribution in [0, 0.1) is 11.8 Å². The van der Waals surface area contributed by atoms with E-state index in [0.29, 0.717) is 30.1 Å². The molecule has 3 atom stereocenters. The third-order valence-electron chi connectivity index (χ3n) is 7.89. The molecule has 8 heteroatoms. The fourth-order valence-electron chi connectivity index (χ4n) is 5.70. The highest BCUT2D eigenvalue weighted by atomic mass is 19.1. The molecule has 1 aromatic carbocycles. The minimum atomic E-state index is -1.09. The van der Waals surface area contributed by atoms with Gasteiger partial charge in [0.15, 0.2) is 0 Å². The number of hydrogen-bond donors (Lipinski definition) is 1. The van der Waals surface area contributed by atoms with Gasteiger partial charge in [-0.2, -0.15) is 0 Å². The minimum absolute atomic E-state index is 0.170. The highest BCUT2D eigenvalue weighted by Crippen LogP contribution is 2.36. The zero-order chi connectivity index (χ0) is 26.2. The first-order chi connectivity index (χ1) is 17.9. The molecule has 1 N–H and O–H groups in total. The van der Waals surface area contributed by atoms with E-state index in [1.165, 1.54) is 5.69 Å². The van der Waals surface area contributed by atoms with Gasteiger partial charge in [0.1, 0.15) is 11.9 Å². The Morgan fingerprint density at radius 3 is 2.86 bits per heavy atom. The maximum atomic E-state index is 15.5. The maximum Gasteiger partial charge on any atom is 0.303 e. The van der Waals surface area contributed by atoms with E-state index in [0.717, 1.165) is 62.6 Å². The number of carboxylic acids is 1. The molecule has 0 bridgehead atoms. The predicted molar refractivity (Wildman–Crippen MR) is 142 cm³/mol. The number of halogens is 1. The molecule has 1 aliphatic heterocycles. The molecule has 4 rings (SSSR count). The second kappa shape index (κ2) is 13.0. The number of carbonyl (C=O) groups is 1. The number of hydrogen-bond acceptors (Lipinski definition) is 5. The average Bonchev–Trinajstić information content (AvgIpc) is 3.32. The van der Waals surface area contributed by atoms with Gasteiger partial charge in [-0.1, -0.05) is 0 Å². The first kappa shape index (κ1) is 27.0. The number of imidazole rings is 1. The standard InChI is InChI=1S/C29H39FN4O3/c1-33-20-31-18-23(33)5-3-4-15-34-16-13-21(22(19-34)7-11-29(35)36)6-9-27(30)25-12-14-32-28-10-8-24(37-2)17-26(25)28/h8,10,12,14,17-18,20-22,27H,3-7,9,11,13,15-16,19H2,1-2H3,(H,35,36)/t21?,22?,27-/m0/s1. The van der Waals surface area contributed by atoms with Crippen molar-refractivity contribution in [1.82, 2.24) is 19.4 Å². The van der Waals surface area contributed by atoms with Crippen molar-refractivity contribution in [2.75, 3.05) is 26.7 Å². The number of rotatable bonds is 13. The lowest BCUT2D eigenvalue weighted by atomic mass is 9.79. The van der Waals surface area contributed by atoms with Crippen LogP contribution in [-0.4, -0.2) is 57.3 Å². The Balaban J connectivity index is 1.32. The smallest absolute Gasteiger partial charge is 0.303 e. The molecule has 7 nitrogen and oxygen atoms in total. The Morgan fingerprint density at radius 1 is 1.24 bits per heavy atom. The predicted octanol–water partition coefficient (Wildman–Crippen LogP) is 5.59. The summed E-state index contributed by atoms with van der Waals surface area (Å²) in [6.07, 6.45) is 10.6. The van der Waals surface area contributed by atoms with Crippen LogP contribution in [0.5, 0.6) is 5.75 Å². The van der Waals surface area contributed by atoms with Crippen LogP contribution in [-0.2, 0) is 18.3 Å². The van der Waals surface area contributed by atoms with Gasteiger partial charge < -0.3 is 19.3 Å². The molecule has 2 unspecified atom stereocenters. The third kappa shape index (κ3) is 7.28. The molecule has 2 aromatic heterocycles. The number of unbranched alkanes of at least 4 members (excludes halogenated alkanes) is 1. The summed E-state index contributed by atoms with van der Waals surface area (Å²) >= 11 is 0. The highest BCUT2D eigenvalue weighted by Gasteiger charge is 2.30. The van der Waals surface area contributed by atoms with Crippen LogP contribution in [0.25, 0.3) is 10.9 Å². The lowest BCUT2D eigenvalue weighted by Gasteiger charge is -2.39. The van der Waals surface area contributed by atoms with Gasteiger partial charge >= 0.3 is 5.97 Å². The number of aryl methyl sites for hydroxylation is 2. The largest absolute Gasteiger partial charge is 0.497 e. The number of methoxy groups -OCH3 is 1. The van der Waals surface area contributed by atoms with Gasteiger partial charge in [-0.3, -0.25) is 9.78 Å². The number of ether oxygens (including phenoxy) is 1. The molecular weight excluding hydrogens is 471 g/mol. The van der Waals surface area contributed by atoms with E-state index in [1.54, 1.807) is 19.4 Å². The van der Waals surface area contributed by atoms with Crippen molar-refractivity contribution in [3.05, 3.63) is 54.2 Å². The first-order valence-corrected chi connectivity index (χ1v) is 13.4. The Hall–Kier alpha value is -3.00. The molecule has 0 amide bonds. The summed E-state index contributed by atoms with van der Waals surface area (Å²) in [5, 5.41) is 10.1. The third-order valence-corrected chi connectivity index (χ3v) is 7.89. The number of aliphatic carboxylic acids is 1. The number of pyridine rings is 1. The first-order valence-electron chi connectivity index (χ1n) is 13.4. The van der Waals surface area contributed by atoms with Crippen molar-refractivity contribution < 1.29 is 19.0 Å². The van der Waals surface area contributed by atoms with Crippen molar-refractivity contribution in [3.8, 4) is 5.75 Å². The van der Waals surface area contributed by atoms with Gasteiger partial charge in [-0.25, -0.2) is 9.37 Å². The molecule has 3 aromatic rings. The van der Waals surface area contributed by atoms with Crippen LogP contribution in [0.15, 0.2) is 43.0 Å². The van der Waals surface area contributed by atoms with Gasteiger partial charge in [0.2, 0.25) is 0 Å². The van der Waals surface area contributed by atoms with Gasteiger partial charge in [0.05, 0.1) is 19.0 Å². The van der Waals surface area contributed by atoms with Crippen molar-refractivity contribution >= 4 is 16.9 Å². The Bertz CT molecular complexity index is 1170. The molecule has 0 spiro atoms. The van der Waals surface area contributed by atoms with E-state index in [1.807, 2.05) is 37.8 Å². The monoisotopic (exact) mass is 510 g/mol. The topological polar surface area (TPSA) is 80.5 Å². The number of carboxylic acid groups (broad SMARTS) is 1. The Morgan fingerprint density at radius 2 is 2.11 bits per heavy atom. The molecule has 1 fully saturated rings. The van der Waals surface area contributed by atoms with Gasteiger partial charge in [0, 0.05) is 43.5 Å². The number of benzene rings is 1. The van der Waals surface area contributed by atoms with Crippen molar-refractivity contribution in [2.24, 2.45) is 18.9 Å². The summed E-state index contributed by atoms with van der Waals surface area (Å²) in [6, 6.07) is 7.32. The van der Waals surface area contributed by atoms with Crippen molar-refractivity contribution in [2.45, 2.75) is 57.5 Å². The fourth-order valence-corrected chi connectivity index (χ4v) is 5.70. The van der Waals surface area contributed by atoms with E-state index >= 15 is 4.39 Å². The van der Waals surface area contributed by atoms with E-state index in [-0.39, 0.29) is 12.3 Å². The summed E-state index contributed by atoms with van der Waals surface area (Å²) in [6.45, 7) is 2.91. The second-order valence-electron chi connectivity index (χ2n) is 10.3. The highest BCUT2D eigenvalue weighted by molar-refractivity contribution is 5.83. The quantitative estimate of drug-likeness (QED) is 0.302. The molecule has 0 saturated carbocycles. The zero-order valence-corrected chi connectivity index (χ0v) is 22.0. The normalized spacial score (nSPS) is 19.2. The summed E-state index contributed by atoms with van der Waals surface area (Å²) in [5.41, 5.74) is 2.66. The maximum absolute atomic E-state index is 15.5. The molecule has 0 radical (unpaired) electrons. The summed E-state index contributed by atoms with van der Waals surface area (Å²) in [7, 11) is 3.63. The summed E-state index contributed by atoms with van der Waals surface area (Å²) in [5.74, 6) is 0.553. The number of alkyl halides is 1. The molecule has 1 aliphatic rings. The van der Waals surface area contributed by atoms with Crippen LogP contribution < -0.4 is 4.74 Å². The lowest BCUT2D eigenvalue weighted by molar-refractivity contribution is -0.137. The average molecular weight is 511 g/mol. The van der Waals surface area contributed by atoms with E-state index in [2.05, 4.69) is 19.4 Å². The lowest BCUT2D eigenvalue weighted by Crippen LogP contribution is -2.41. The van der Waals surface area contributed by atoms with E-state index in [4.69, 9.17) is 4.74 Å². The second-order valence-corrected chi connectivity index (χ2v) is 10.3. The zero-order valence-electron chi connectivity index (χ0n) is 22.0. The van der Waals surface area contributed by atoms with Crippen molar-refractivity contribution in [3.63, 3.8) is 0 Å². The van der Waals surface area contributed by atoms with Crippen molar-refractivity contribution in [1.29, 1.82) is 0 Å². The van der Waals surface area contributed by atoms with E-state index < -0.39 is 12.1 Å². The van der Waals surface area contributed by atoms with Crippen LogP contribution in [0.3, 0.4) is 0 Å². The fraction of sp³-hybridized carbons (Fsp3) is 0.552. The van der Waals surface area contributed by atoms with Gasteiger partial charge in [-0.15, -0.1) is 0 Å². The van der Waals surface area contributed by atoms with Gasteiger partial charge in [-0.05, 0) is 99.7 Å². The molecule has 37 heavy (non-hydrogen) atoms. The minimum Gasteiger partial charge on any atom is -0.497 e. The van der Waals surface area contributed by atoms with Crippen LogP contribution >= 0.6 is 0 Å². The molecule has 1 saturated heterocycles. The van der Waals surface area contributed by atoms with Gasteiger partial charge in [0.25, 0.3) is 0 Å². The SMILES string of the molecule is COc1ccc2nccc([C@@H](F)CCC3CCN(CCCCc4cncn4C)CC3CCC(=O)O)c2c1. The number of aromatic nitrogens is 3. The number of fused-ring (bicyclic) bond motifs is 1. The molecular formula is C29H39FN4O3. The Kier molecular flexibility index (Phi) is 9.50. The van der Waals surface area contributed by atoms with Crippen LogP contribution in [0.1, 0.15) is 62.4 Å². The Labute approximate surface area is 218 Å². The van der Waals surface area contributed by atoms with E-state index in [9.17, 15) is 9.90 Å². The molecule has 3 heterocycles. The van der Waals surface area contributed by atoms with Crippen LogP contribution in [0.4, 0.5) is 4.39 Å². The number of likely N-dealkylation sites (tertiary alicyclic amines) is 1. The molecule has 200 valence electrons. The summed E-state index contributed by atoms with van der Waals surface area (Å²) in [4.78, 5) is 22.3. The summed E-state index contributed by atoms with van der Waals surface area (Å²) < 4.78 is 22.9. The number of nitrogens with zero attached hydrogens (tertiary/aromatic N) is 4. The molecule has 0 aliphatic carbocycles.